The smallest absolute Gasteiger partial charge is 0.269 e. The molecule has 1 amide bonds. The van der Waals surface area contributed by atoms with Gasteiger partial charge in [-0.1, -0.05) is 12.1 Å². The topological polar surface area (TPSA) is 88.4 Å². The maximum absolute atomic E-state index is 12.2. The number of anilines is 1. The molecule has 0 bridgehead atoms. The van der Waals surface area contributed by atoms with Crippen LogP contribution in [0.25, 0.3) is 0 Å². The van der Waals surface area contributed by atoms with E-state index >= 15 is 0 Å². The number of rotatable bonds is 6. The highest BCUT2D eigenvalue weighted by Gasteiger charge is 2.13. The average Bonchev–Trinajstić information content (AvgIpc) is 2.55. The number of pyridine rings is 1. The van der Waals surface area contributed by atoms with Crippen LogP contribution >= 0.6 is 0 Å². The van der Waals surface area contributed by atoms with Crippen LogP contribution in [0.2, 0.25) is 0 Å². The van der Waals surface area contributed by atoms with E-state index in [1.54, 1.807) is 35.4 Å². The minimum atomic E-state index is -0.434. The van der Waals surface area contributed by atoms with Crippen molar-refractivity contribution in [3.8, 4) is 0 Å². The molecule has 0 aliphatic heterocycles. The number of nitrogens with zero attached hydrogens (tertiary/aromatic N) is 3. The van der Waals surface area contributed by atoms with Crippen LogP contribution in [0.4, 0.5) is 11.5 Å². The molecule has 23 heavy (non-hydrogen) atoms. The van der Waals surface area contributed by atoms with Crippen LogP contribution in [0.15, 0.2) is 42.6 Å². The highest BCUT2D eigenvalue weighted by molar-refractivity contribution is 5.98. The van der Waals surface area contributed by atoms with Gasteiger partial charge in [-0.25, -0.2) is 4.98 Å². The normalized spacial score (nSPS) is 10.2. The van der Waals surface area contributed by atoms with Gasteiger partial charge in [0, 0.05) is 39.0 Å². The minimum Gasteiger partial charge on any atom is -0.362 e. The van der Waals surface area contributed by atoms with E-state index in [0.717, 1.165) is 5.56 Å². The maximum Gasteiger partial charge on any atom is 0.269 e. The highest BCUT2D eigenvalue weighted by atomic mass is 16.6. The number of benzene rings is 1. The van der Waals surface area contributed by atoms with Crippen LogP contribution in [0.5, 0.6) is 0 Å². The molecule has 1 N–H and O–H groups in total. The van der Waals surface area contributed by atoms with Gasteiger partial charge in [0.2, 0.25) is 0 Å². The van der Waals surface area contributed by atoms with E-state index in [1.807, 2.05) is 14.1 Å². The molecule has 1 aromatic heterocycles. The Hall–Kier alpha value is -2.96. The fraction of sp³-hybridized carbons (Fsp3) is 0.250. The number of nitro benzene ring substituents is 1. The quantitative estimate of drug-likeness (QED) is 0.651. The van der Waals surface area contributed by atoms with Crippen LogP contribution < -0.4 is 10.2 Å². The molecular weight excluding hydrogens is 296 g/mol. The molecule has 7 nitrogen and oxygen atoms in total. The van der Waals surface area contributed by atoms with Crippen molar-refractivity contribution in [2.24, 2.45) is 0 Å². The van der Waals surface area contributed by atoms with Gasteiger partial charge in [-0.2, -0.15) is 0 Å². The van der Waals surface area contributed by atoms with E-state index < -0.39 is 4.92 Å². The predicted molar refractivity (Wildman–Crippen MR) is 87.7 cm³/mol. The van der Waals surface area contributed by atoms with Gasteiger partial charge in [0.05, 0.1) is 10.5 Å². The lowest BCUT2D eigenvalue weighted by Gasteiger charge is -2.15. The van der Waals surface area contributed by atoms with Gasteiger partial charge in [-0.15, -0.1) is 0 Å². The number of hydrogen-bond acceptors (Lipinski definition) is 5. The van der Waals surface area contributed by atoms with Gasteiger partial charge in [-0.3, -0.25) is 14.9 Å². The molecular formula is C16H18N4O3. The third kappa shape index (κ3) is 4.26. The third-order valence-corrected chi connectivity index (χ3v) is 3.30. The fourth-order valence-electron chi connectivity index (χ4n) is 2.13. The lowest BCUT2D eigenvalue weighted by Crippen LogP contribution is -2.28. The zero-order chi connectivity index (χ0) is 16.8. The number of non-ortho nitro benzene ring substituents is 1. The predicted octanol–water partition coefficient (Wildman–Crippen LogP) is 2.03. The third-order valence-electron chi connectivity index (χ3n) is 3.30. The summed E-state index contributed by atoms with van der Waals surface area (Å²) in [4.78, 5) is 28.4. The summed E-state index contributed by atoms with van der Waals surface area (Å²) in [7, 11) is 3.66. The second-order valence-electron chi connectivity index (χ2n) is 5.20. The zero-order valence-electron chi connectivity index (χ0n) is 13.0. The van der Waals surface area contributed by atoms with Crippen LogP contribution in [0.1, 0.15) is 15.9 Å². The van der Waals surface area contributed by atoms with Gasteiger partial charge >= 0.3 is 0 Å². The molecule has 0 aliphatic carbocycles. The number of aromatic nitrogens is 1. The second-order valence-corrected chi connectivity index (χ2v) is 5.20. The highest BCUT2D eigenvalue weighted by Crippen LogP contribution is 2.14. The summed E-state index contributed by atoms with van der Waals surface area (Å²) in [6.45, 7) is 0.443. The van der Waals surface area contributed by atoms with Crippen molar-refractivity contribution in [2.45, 2.75) is 6.42 Å². The molecule has 0 atom stereocenters. The van der Waals surface area contributed by atoms with E-state index in [-0.39, 0.29) is 11.6 Å². The first-order chi connectivity index (χ1) is 11.0. The van der Waals surface area contributed by atoms with Gasteiger partial charge in [0.15, 0.2) is 0 Å². The summed E-state index contributed by atoms with van der Waals surface area (Å²) in [5.74, 6) is 0.420. The van der Waals surface area contributed by atoms with E-state index in [2.05, 4.69) is 10.3 Å². The van der Waals surface area contributed by atoms with E-state index in [9.17, 15) is 14.9 Å². The van der Waals surface area contributed by atoms with Crippen LogP contribution in [-0.4, -0.2) is 36.5 Å². The van der Waals surface area contributed by atoms with Crippen molar-refractivity contribution in [2.75, 3.05) is 25.5 Å². The minimum absolute atomic E-state index is 0.0590. The van der Waals surface area contributed by atoms with Gasteiger partial charge in [-0.05, 0) is 24.1 Å². The summed E-state index contributed by atoms with van der Waals surface area (Å²) in [5, 5.41) is 13.4. The molecule has 1 heterocycles. The molecule has 0 spiro atoms. The van der Waals surface area contributed by atoms with Crippen molar-refractivity contribution in [3.05, 3.63) is 63.8 Å². The zero-order valence-corrected chi connectivity index (χ0v) is 13.0. The van der Waals surface area contributed by atoms with Gasteiger partial charge in [0.25, 0.3) is 11.6 Å². The fourth-order valence-corrected chi connectivity index (χ4v) is 2.13. The molecule has 0 saturated carbocycles. The first-order valence-electron chi connectivity index (χ1n) is 7.13. The van der Waals surface area contributed by atoms with E-state index in [1.165, 1.54) is 12.1 Å². The number of nitrogens with one attached hydrogen (secondary N) is 1. The molecule has 0 aliphatic rings. The lowest BCUT2D eigenvalue weighted by molar-refractivity contribution is -0.384. The molecule has 0 fully saturated rings. The Labute approximate surface area is 134 Å². The maximum atomic E-state index is 12.2. The lowest BCUT2D eigenvalue weighted by atomic mass is 10.1. The summed E-state index contributed by atoms with van der Waals surface area (Å²) in [6.07, 6.45) is 2.24. The van der Waals surface area contributed by atoms with Crippen molar-refractivity contribution in [3.63, 3.8) is 0 Å². The molecule has 2 rings (SSSR count). The number of nitro groups is 1. The molecule has 2 aromatic rings. The Morgan fingerprint density at radius 3 is 2.57 bits per heavy atom. The molecule has 7 heteroatoms. The van der Waals surface area contributed by atoms with E-state index in [0.29, 0.717) is 24.3 Å². The van der Waals surface area contributed by atoms with Gasteiger partial charge in [0.1, 0.15) is 5.82 Å². The molecule has 1 aromatic carbocycles. The SMILES string of the molecule is CN(C)c1ncccc1C(=O)NCCc1ccc([N+](=O)[O-])cc1. The molecule has 0 radical (unpaired) electrons. The summed E-state index contributed by atoms with van der Waals surface area (Å²) in [5.41, 5.74) is 1.50. The Balaban J connectivity index is 1.94. The van der Waals surface area contributed by atoms with E-state index in [4.69, 9.17) is 0 Å². The Bertz CT molecular complexity index is 699. The Morgan fingerprint density at radius 2 is 1.96 bits per heavy atom. The molecule has 120 valence electrons. The molecule has 0 unspecified atom stereocenters. The number of carbonyl (C=O) groups excluding carboxylic acids is 1. The Kier molecular flexibility index (Phi) is 5.24. The van der Waals surface area contributed by atoms with Crippen LogP contribution in [0.3, 0.4) is 0 Å². The molecule has 0 saturated heterocycles. The average molecular weight is 314 g/mol. The summed E-state index contributed by atoms with van der Waals surface area (Å²) >= 11 is 0. The first kappa shape index (κ1) is 16.4. The summed E-state index contributed by atoms with van der Waals surface area (Å²) < 4.78 is 0. The van der Waals surface area contributed by atoms with Crippen LogP contribution in [0, 0.1) is 10.1 Å². The van der Waals surface area contributed by atoms with Crippen molar-refractivity contribution in [1.29, 1.82) is 0 Å². The number of carbonyl (C=O) groups is 1. The largest absolute Gasteiger partial charge is 0.362 e. The summed E-state index contributed by atoms with van der Waals surface area (Å²) in [6, 6.07) is 9.76. The van der Waals surface area contributed by atoms with Crippen molar-refractivity contribution < 1.29 is 9.72 Å². The number of hydrogen-bond donors (Lipinski definition) is 1. The first-order valence-corrected chi connectivity index (χ1v) is 7.13. The Morgan fingerprint density at radius 1 is 1.26 bits per heavy atom. The van der Waals surface area contributed by atoms with Crippen LogP contribution in [-0.2, 0) is 6.42 Å². The van der Waals surface area contributed by atoms with Gasteiger partial charge < -0.3 is 10.2 Å². The standard InChI is InChI=1S/C16H18N4O3/c1-19(2)15-14(4-3-10-17-15)16(21)18-11-9-12-5-7-13(8-6-12)20(22)23/h3-8,10H,9,11H2,1-2H3,(H,18,21). The second kappa shape index (κ2) is 7.35. The van der Waals surface area contributed by atoms with Crippen molar-refractivity contribution >= 4 is 17.4 Å². The number of amides is 1. The monoisotopic (exact) mass is 314 g/mol. The van der Waals surface area contributed by atoms with Crippen molar-refractivity contribution in [1.82, 2.24) is 10.3 Å².